The van der Waals surface area contributed by atoms with Gasteiger partial charge >= 0.3 is 0 Å². The number of nitrogens with one attached hydrogen (secondary N) is 2. The van der Waals surface area contributed by atoms with Gasteiger partial charge in [-0.05, 0) is 54.8 Å². The van der Waals surface area contributed by atoms with Crippen molar-refractivity contribution in [3.63, 3.8) is 0 Å². The number of nitrogens with zero attached hydrogens (tertiary/aromatic N) is 2. The molecule has 1 atom stereocenters. The number of hydrogen-bond donors (Lipinski definition) is 2. The average Bonchev–Trinajstić information content (AvgIpc) is 3.58. The van der Waals surface area contributed by atoms with Crippen molar-refractivity contribution < 1.29 is 23.7 Å². The standard InChI is InChI=1S/C29H30N4O5/c1-35-23-9-10-25(36-2)29-19(23)11-12-33(22(29)13-18-7-8-24-26(14-18)38-17-37-24)16-28(34)30-15-27-31-20-5-3-4-6-21(20)32-27/h3-10,14,22H,11-13,15-17H2,1-2H3,(H,30,34)(H,31,32). The van der Waals surface area contributed by atoms with Gasteiger partial charge in [0, 0.05) is 23.7 Å². The topological polar surface area (TPSA) is 97.9 Å². The number of carbonyl (C=O) groups is 1. The van der Waals surface area contributed by atoms with Crippen LogP contribution in [0.25, 0.3) is 11.0 Å². The highest BCUT2D eigenvalue weighted by Crippen LogP contribution is 2.43. The van der Waals surface area contributed by atoms with Gasteiger partial charge in [0.2, 0.25) is 12.7 Å². The molecule has 0 saturated carbocycles. The molecular formula is C29H30N4O5. The molecule has 2 N–H and O–H groups in total. The molecule has 2 aliphatic heterocycles. The Morgan fingerprint density at radius 1 is 1.08 bits per heavy atom. The maximum Gasteiger partial charge on any atom is 0.234 e. The summed E-state index contributed by atoms with van der Waals surface area (Å²) in [4.78, 5) is 23.2. The Balaban J connectivity index is 1.25. The van der Waals surface area contributed by atoms with Crippen LogP contribution in [0.2, 0.25) is 0 Å². The van der Waals surface area contributed by atoms with Crippen LogP contribution in [0.3, 0.4) is 0 Å². The van der Waals surface area contributed by atoms with Gasteiger partial charge in [-0.15, -0.1) is 0 Å². The van der Waals surface area contributed by atoms with E-state index in [-0.39, 0.29) is 25.3 Å². The normalized spacial score (nSPS) is 16.3. The lowest BCUT2D eigenvalue weighted by atomic mass is 9.87. The van der Waals surface area contributed by atoms with Crippen LogP contribution in [0.4, 0.5) is 0 Å². The zero-order valence-electron chi connectivity index (χ0n) is 21.5. The second-order valence-electron chi connectivity index (χ2n) is 9.47. The predicted octanol–water partition coefficient (Wildman–Crippen LogP) is 3.77. The third kappa shape index (κ3) is 4.61. The molecule has 6 rings (SSSR count). The van der Waals surface area contributed by atoms with Crippen molar-refractivity contribution in [3.8, 4) is 23.0 Å². The number of hydrogen-bond acceptors (Lipinski definition) is 7. The first-order valence-electron chi connectivity index (χ1n) is 12.7. The minimum Gasteiger partial charge on any atom is -0.496 e. The molecular weight excluding hydrogens is 484 g/mol. The predicted molar refractivity (Wildman–Crippen MR) is 142 cm³/mol. The number of ether oxygens (including phenoxy) is 4. The largest absolute Gasteiger partial charge is 0.496 e. The quantitative estimate of drug-likeness (QED) is 0.369. The van der Waals surface area contributed by atoms with Crippen molar-refractivity contribution in [3.05, 3.63) is 77.1 Å². The van der Waals surface area contributed by atoms with Crippen molar-refractivity contribution >= 4 is 16.9 Å². The number of aromatic nitrogens is 2. The van der Waals surface area contributed by atoms with Gasteiger partial charge in [0.15, 0.2) is 11.5 Å². The lowest BCUT2D eigenvalue weighted by Crippen LogP contribution is -2.43. The van der Waals surface area contributed by atoms with Crippen LogP contribution in [0, 0.1) is 0 Å². The zero-order chi connectivity index (χ0) is 26.1. The molecule has 3 aromatic carbocycles. The Hall–Kier alpha value is -4.24. The van der Waals surface area contributed by atoms with Crippen LogP contribution in [-0.2, 0) is 24.2 Å². The first-order chi connectivity index (χ1) is 18.6. The molecule has 0 radical (unpaired) electrons. The second-order valence-corrected chi connectivity index (χ2v) is 9.47. The van der Waals surface area contributed by atoms with Crippen LogP contribution in [0.15, 0.2) is 54.6 Å². The van der Waals surface area contributed by atoms with Crippen LogP contribution < -0.4 is 24.3 Å². The molecule has 0 fully saturated rings. The molecule has 0 aliphatic carbocycles. The fraction of sp³-hybridized carbons (Fsp3) is 0.310. The lowest BCUT2D eigenvalue weighted by Gasteiger charge is -2.38. The van der Waals surface area contributed by atoms with E-state index in [1.807, 2.05) is 54.6 Å². The minimum atomic E-state index is -0.0962. The molecule has 196 valence electrons. The highest BCUT2D eigenvalue weighted by Gasteiger charge is 2.34. The molecule has 9 heteroatoms. The summed E-state index contributed by atoms with van der Waals surface area (Å²) >= 11 is 0. The fourth-order valence-corrected chi connectivity index (χ4v) is 5.43. The second kappa shape index (κ2) is 10.3. The molecule has 38 heavy (non-hydrogen) atoms. The van der Waals surface area contributed by atoms with Gasteiger partial charge in [0.25, 0.3) is 0 Å². The van der Waals surface area contributed by atoms with Crippen LogP contribution in [0.1, 0.15) is 28.6 Å². The van der Waals surface area contributed by atoms with Gasteiger partial charge in [-0.3, -0.25) is 9.69 Å². The summed E-state index contributed by atoms with van der Waals surface area (Å²) in [5, 5.41) is 3.03. The smallest absolute Gasteiger partial charge is 0.234 e. The molecule has 4 aromatic rings. The Labute approximate surface area is 220 Å². The first-order valence-corrected chi connectivity index (χ1v) is 12.7. The maximum atomic E-state index is 13.2. The Morgan fingerprint density at radius 2 is 1.89 bits per heavy atom. The molecule has 9 nitrogen and oxygen atoms in total. The average molecular weight is 515 g/mol. The molecule has 0 saturated heterocycles. The number of amides is 1. The Kier molecular flexibility index (Phi) is 6.51. The summed E-state index contributed by atoms with van der Waals surface area (Å²) in [5.41, 5.74) is 5.10. The zero-order valence-corrected chi connectivity index (χ0v) is 21.5. The molecule has 1 amide bonds. The van der Waals surface area contributed by atoms with Crippen molar-refractivity contribution in [1.82, 2.24) is 20.2 Å². The number of fused-ring (bicyclic) bond motifs is 3. The molecule has 1 unspecified atom stereocenters. The molecule has 2 aliphatic rings. The number of rotatable bonds is 8. The Morgan fingerprint density at radius 3 is 2.74 bits per heavy atom. The van der Waals surface area contributed by atoms with E-state index in [0.29, 0.717) is 19.5 Å². The van der Waals surface area contributed by atoms with E-state index < -0.39 is 0 Å². The Bertz CT molecular complexity index is 1450. The fourth-order valence-electron chi connectivity index (χ4n) is 5.43. The van der Waals surface area contributed by atoms with Crippen molar-refractivity contribution in [2.24, 2.45) is 0 Å². The number of H-pyrrole nitrogens is 1. The lowest BCUT2D eigenvalue weighted by molar-refractivity contribution is -0.123. The van der Waals surface area contributed by atoms with Crippen molar-refractivity contribution in [1.29, 1.82) is 0 Å². The van der Waals surface area contributed by atoms with Gasteiger partial charge in [-0.25, -0.2) is 4.98 Å². The summed E-state index contributed by atoms with van der Waals surface area (Å²) in [7, 11) is 3.37. The highest BCUT2D eigenvalue weighted by atomic mass is 16.7. The van der Waals surface area contributed by atoms with E-state index in [1.165, 1.54) is 0 Å². The molecule has 3 heterocycles. The number of benzene rings is 3. The third-order valence-electron chi connectivity index (χ3n) is 7.24. The van der Waals surface area contributed by atoms with Gasteiger partial charge in [0.1, 0.15) is 17.3 Å². The summed E-state index contributed by atoms with van der Waals surface area (Å²) in [6, 6.07) is 17.6. The van der Waals surface area contributed by atoms with Crippen LogP contribution >= 0.6 is 0 Å². The summed E-state index contributed by atoms with van der Waals surface area (Å²) in [6.45, 7) is 1.52. The monoisotopic (exact) mass is 514 g/mol. The van der Waals surface area contributed by atoms with Gasteiger partial charge in [0.05, 0.1) is 38.3 Å². The summed E-state index contributed by atoms with van der Waals surface area (Å²) in [6.07, 6.45) is 1.42. The first kappa shape index (κ1) is 24.1. The number of aromatic amines is 1. The SMILES string of the molecule is COc1ccc(OC)c2c1CCN(CC(=O)NCc1nc3ccccc3[nH]1)C2Cc1ccc2c(c1)OCO2. The van der Waals surface area contributed by atoms with Gasteiger partial charge in [-0.1, -0.05) is 18.2 Å². The van der Waals surface area contributed by atoms with E-state index in [0.717, 1.165) is 63.0 Å². The summed E-state index contributed by atoms with van der Waals surface area (Å²) in [5.74, 6) is 3.79. The van der Waals surface area contributed by atoms with Crippen molar-refractivity contribution in [2.45, 2.75) is 25.4 Å². The van der Waals surface area contributed by atoms with Crippen molar-refractivity contribution in [2.75, 3.05) is 34.1 Å². The molecule has 0 spiro atoms. The maximum absolute atomic E-state index is 13.2. The van der Waals surface area contributed by atoms with Gasteiger partial charge < -0.3 is 29.2 Å². The number of para-hydroxylation sites is 2. The van der Waals surface area contributed by atoms with E-state index in [9.17, 15) is 4.79 Å². The van der Waals surface area contributed by atoms with E-state index in [1.54, 1.807) is 14.2 Å². The van der Waals surface area contributed by atoms with Crippen LogP contribution in [0.5, 0.6) is 23.0 Å². The number of carbonyl (C=O) groups excluding carboxylic acids is 1. The minimum absolute atomic E-state index is 0.0635. The van der Waals surface area contributed by atoms with E-state index in [4.69, 9.17) is 18.9 Å². The van der Waals surface area contributed by atoms with E-state index in [2.05, 4.69) is 20.2 Å². The third-order valence-corrected chi connectivity index (χ3v) is 7.24. The summed E-state index contributed by atoms with van der Waals surface area (Å²) < 4.78 is 22.6. The van der Waals surface area contributed by atoms with E-state index >= 15 is 0 Å². The van der Waals surface area contributed by atoms with Gasteiger partial charge in [-0.2, -0.15) is 0 Å². The number of imidazole rings is 1. The van der Waals surface area contributed by atoms with Crippen LogP contribution in [-0.4, -0.2) is 54.9 Å². The highest BCUT2D eigenvalue weighted by molar-refractivity contribution is 5.78. The number of methoxy groups -OCH3 is 2. The molecule has 0 bridgehead atoms. The molecule has 1 aromatic heterocycles.